The Hall–Kier alpha value is -0.343. The molecule has 1 nitrogen and oxygen atoms in total. The fourth-order valence-electron chi connectivity index (χ4n) is 1.27. The smallest absolute Gasteiger partial charge is 0.191 e. The Morgan fingerprint density at radius 3 is 2.29 bits per heavy atom. The van der Waals surface area contributed by atoms with Gasteiger partial charge in [0.25, 0.3) is 0 Å². The van der Waals surface area contributed by atoms with Crippen molar-refractivity contribution >= 4 is 8.32 Å². The van der Waals surface area contributed by atoms with E-state index in [1.165, 1.54) is 5.57 Å². The molecule has 2 heteroatoms. The first-order valence-electron chi connectivity index (χ1n) is 6.61. The monoisotopic (exact) mass is 254 g/mol. The second kappa shape index (κ2) is 7.17. The minimum atomic E-state index is -1.55. The Balaban J connectivity index is 3.96. The molecule has 17 heavy (non-hydrogen) atoms. The molecule has 0 saturated carbocycles. The molecule has 0 aliphatic rings. The normalized spacial score (nSPS) is 13.9. The van der Waals surface area contributed by atoms with Gasteiger partial charge in [-0.2, -0.15) is 0 Å². The highest BCUT2D eigenvalue weighted by atomic mass is 28.4. The molecule has 0 aromatic rings. The third kappa shape index (κ3) is 6.84. The lowest BCUT2D eigenvalue weighted by molar-refractivity contribution is 0.294. The Morgan fingerprint density at radius 1 is 1.24 bits per heavy atom. The van der Waals surface area contributed by atoms with Crippen LogP contribution in [0.15, 0.2) is 24.3 Å². The summed E-state index contributed by atoms with van der Waals surface area (Å²) >= 11 is 0. The van der Waals surface area contributed by atoms with Gasteiger partial charge in [-0.15, -0.1) is 6.58 Å². The summed E-state index contributed by atoms with van der Waals surface area (Å²) in [6, 6.07) is 0. The maximum absolute atomic E-state index is 6.12. The quantitative estimate of drug-likeness (QED) is 0.340. The summed E-state index contributed by atoms with van der Waals surface area (Å²) in [5, 5.41) is 0.314. The van der Waals surface area contributed by atoms with Crippen LogP contribution in [0.5, 0.6) is 0 Å². The van der Waals surface area contributed by atoms with Crippen LogP contribution >= 0.6 is 0 Å². The molecule has 0 saturated heterocycles. The van der Waals surface area contributed by atoms with E-state index >= 15 is 0 Å². The molecular weight excluding hydrogens is 224 g/mol. The van der Waals surface area contributed by atoms with Crippen LogP contribution in [0.1, 0.15) is 47.0 Å². The minimum Gasteiger partial charge on any atom is -0.417 e. The van der Waals surface area contributed by atoms with Crippen molar-refractivity contribution in [2.45, 2.75) is 65.1 Å². The van der Waals surface area contributed by atoms with E-state index < -0.39 is 8.32 Å². The molecule has 0 fully saturated rings. The maximum atomic E-state index is 6.12. The number of rotatable bonds is 7. The minimum absolute atomic E-state index is 0.314. The molecular formula is C15H30OSi. The lowest BCUT2D eigenvalue weighted by Crippen LogP contribution is -2.40. The first kappa shape index (κ1) is 16.7. The number of hydrogen-bond donors (Lipinski definition) is 0. The highest BCUT2D eigenvalue weighted by molar-refractivity contribution is 6.74. The molecule has 0 aromatic heterocycles. The van der Waals surface area contributed by atoms with Crippen molar-refractivity contribution in [3.63, 3.8) is 0 Å². The van der Waals surface area contributed by atoms with Gasteiger partial charge in [0.2, 0.25) is 0 Å². The van der Waals surface area contributed by atoms with Crippen molar-refractivity contribution in [1.82, 2.24) is 0 Å². The third-order valence-corrected chi connectivity index (χ3v) is 8.16. The summed E-state index contributed by atoms with van der Waals surface area (Å²) in [7, 11) is -1.55. The molecule has 0 atom stereocenters. The lowest BCUT2D eigenvalue weighted by atomic mass is 10.1. The summed E-state index contributed by atoms with van der Waals surface area (Å²) in [5.74, 6) is 0. The molecule has 0 heterocycles. The standard InChI is InChI=1S/C15H30OSi/c1-8-9-11-14(2)12-10-13-16-17(6,7)15(3,4)5/h8,12H,1,9-11,13H2,2-7H3/b14-12+. The van der Waals surface area contributed by atoms with Gasteiger partial charge in [0.1, 0.15) is 0 Å². The van der Waals surface area contributed by atoms with Crippen molar-refractivity contribution in [3.8, 4) is 0 Å². The van der Waals surface area contributed by atoms with E-state index in [-0.39, 0.29) is 0 Å². The van der Waals surface area contributed by atoms with Gasteiger partial charge in [-0.1, -0.05) is 38.5 Å². The zero-order valence-corrected chi connectivity index (χ0v) is 13.6. The van der Waals surface area contributed by atoms with E-state index in [1.807, 2.05) is 6.08 Å². The van der Waals surface area contributed by atoms with Crippen molar-refractivity contribution in [1.29, 1.82) is 0 Å². The highest BCUT2D eigenvalue weighted by Crippen LogP contribution is 2.36. The molecule has 0 spiro atoms. The van der Waals surface area contributed by atoms with Crippen LogP contribution in [0, 0.1) is 0 Å². The molecule has 0 aliphatic heterocycles. The summed E-state index contributed by atoms with van der Waals surface area (Å²) < 4.78 is 6.12. The van der Waals surface area contributed by atoms with Crippen LogP contribution in [0.3, 0.4) is 0 Å². The first-order chi connectivity index (χ1) is 7.70. The van der Waals surface area contributed by atoms with Gasteiger partial charge in [-0.25, -0.2) is 0 Å². The molecule has 0 amide bonds. The largest absolute Gasteiger partial charge is 0.417 e. The van der Waals surface area contributed by atoms with Crippen LogP contribution in [0.4, 0.5) is 0 Å². The van der Waals surface area contributed by atoms with Gasteiger partial charge < -0.3 is 4.43 Å². The predicted molar refractivity (Wildman–Crippen MR) is 81.0 cm³/mol. The Kier molecular flexibility index (Phi) is 7.03. The molecule has 0 unspecified atom stereocenters. The van der Waals surface area contributed by atoms with E-state index in [4.69, 9.17) is 4.43 Å². The van der Waals surface area contributed by atoms with Crippen molar-refractivity contribution in [2.75, 3.05) is 6.61 Å². The van der Waals surface area contributed by atoms with Crippen molar-refractivity contribution < 1.29 is 4.43 Å². The predicted octanol–water partition coefficient (Wildman–Crippen LogP) is 5.31. The van der Waals surface area contributed by atoms with Gasteiger partial charge in [0.05, 0.1) is 0 Å². The lowest BCUT2D eigenvalue weighted by Gasteiger charge is -2.36. The molecule has 0 radical (unpaired) electrons. The van der Waals surface area contributed by atoms with Gasteiger partial charge in [-0.3, -0.25) is 0 Å². The fourth-order valence-corrected chi connectivity index (χ4v) is 2.33. The Bertz CT molecular complexity index is 259. The van der Waals surface area contributed by atoms with Crippen molar-refractivity contribution in [3.05, 3.63) is 24.3 Å². The van der Waals surface area contributed by atoms with Crippen LogP contribution in [-0.2, 0) is 4.43 Å². The first-order valence-corrected chi connectivity index (χ1v) is 9.52. The topological polar surface area (TPSA) is 9.23 Å². The second-order valence-electron chi connectivity index (χ2n) is 6.28. The molecule has 0 bridgehead atoms. The van der Waals surface area contributed by atoms with Crippen LogP contribution in [-0.4, -0.2) is 14.9 Å². The Labute approximate surface area is 109 Å². The summed E-state index contributed by atoms with van der Waals surface area (Å²) in [6.45, 7) is 18.3. The number of allylic oxidation sites excluding steroid dienone is 2. The van der Waals surface area contributed by atoms with Gasteiger partial charge in [0, 0.05) is 6.61 Å². The average molecular weight is 254 g/mol. The molecule has 0 aliphatic carbocycles. The van der Waals surface area contributed by atoms with E-state index in [9.17, 15) is 0 Å². The van der Waals surface area contributed by atoms with E-state index in [1.54, 1.807) is 0 Å². The van der Waals surface area contributed by atoms with Crippen molar-refractivity contribution in [2.24, 2.45) is 0 Å². The van der Waals surface area contributed by atoms with E-state index in [0.29, 0.717) is 5.04 Å². The van der Waals surface area contributed by atoms with Gasteiger partial charge in [0.15, 0.2) is 8.32 Å². The summed E-state index contributed by atoms with van der Waals surface area (Å²) in [6.07, 6.45) is 7.52. The van der Waals surface area contributed by atoms with Gasteiger partial charge >= 0.3 is 0 Å². The SMILES string of the molecule is C=CCC/C(C)=C/CCO[Si](C)(C)C(C)(C)C. The zero-order chi connectivity index (χ0) is 13.5. The second-order valence-corrected chi connectivity index (χ2v) is 11.1. The van der Waals surface area contributed by atoms with E-state index in [2.05, 4.69) is 53.4 Å². The maximum Gasteiger partial charge on any atom is 0.191 e. The van der Waals surface area contributed by atoms with E-state index in [0.717, 1.165) is 25.9 Å². The third-order valence-electron chi connectivity index (χ3n) is 3.62. The summed E-state index contributed by atoms with van der Waals surface area (Å²) in [4.78, 5) is 0. The molecule has 0 rings (SSSR count). The van der Waals surface area contributed by atoms with Crippen LogP contribution in [0.2, 0.25) is 18.1 Å². The Morgan fingerprint density at radius 2 is 1.82 bits per heavy atom. The molecule has 0 aromatic carbocycles. The fraction of sp³-hybridized carbons (Fsp3) is 0.733. The highest BCUT2D eigenvalue weighted by Gasteiger charge is 2.36. The average Bonchev–Trinajstić information content (AvgIpc) is 2.20. The molecule has 100 valence electrons. The zero-order valence-electron chi connectivity index (χ0n) is 12.6. The summed E-state index contributed by atoms with van der Waals surface area (Å²) in [5.41, 5.74) is 1.45. The van der Waals surface area contributed by atoms with Crippen LogP contribution < -0.4 is 0 Å². The van der Waals surface area contributed by atoms with Gasteiger partial charge in [-0.05, 0) is 44.3 Å². The molecule has 0 N–H and O–H groups in total. The number of hydrogen-bond acceptors (Lipinski definition) is 1. The van der Waals surface area contributed by atoms with Crippen LogP contribution in [0.25, 0.3) is 0 Å².